The van der Waals surface area contributed by atoms with Gasteiger partial charge < -0.3 is 11.1 Å². The Bertz CT molecular complexity index is 466. The SMILES string of the molecule is N#Cc1ccc(NC(CN)C2CC2)c(F)c1Br. The first-order valence-electron chi connectivity index (χ1n) is 5.52. The van der Waals surface area contributed by atoms with Crippen molar-refractivity contribution in [1.29, 1.82) is 5.26 Å². The lowest BCUT2D eigenvalue weighted by Gasteiger charge is -2.18. The van der Waals surface area contributed by atoms with Gasteiger partial charge in [0.1, 0.15) is 6.07 Å². The number of hydrogen-bond donors (Lipinski definition) is 2. The van der Waals surface area contributed by atoms with E-state index in [1.807, 2.05) is 6.07 Å². The van der Waals surface area contributed by atoms with E-state index >= 15 is 0 Å². The summed E-state index contributed by atoms with van der Waals surface area (Å²) in [5.74, 6) is 0.122. The summed E-state index contributed by atoms with van der Waals surface area (Å²) < 4.78 is 14.1. The second-order valence-electron chi connectivity index (χ2n) is 4.22. The van der Waals surface area contributed by atoms with Crippen LogP contribution in [0.2, 0.25) is 0 Å². The van der Waals surface area contributed by atoms with Gasteiger partial charge in [-0.2, -0.15) is 5.26 Å². The summed E-state index contributed by atoms with van der Waals surface area (Å²) in [6, 6.07) is 5.22. The van der Waals surface area contributed by atoms with Crippen LogP contribution < -0.4 is 11.1 Å². The normalized spacial score (nSPS) is 16.4. The summed E-state index contributed by atoms with van der Waals surface area (Å²) in [4.78, 5) is 0. The van der Waals surface area contributed by atoms with E-state index in [1.54, 1.807) is 12.1 Å². The van der Waals surface area contributed by atoms with Crippen molar-refractivity contribution in [3.8, 4) is 6.07 Å². The number of halogens is 2. The standard InChI is InChI=1S/C12H13BrFN3/c13-11-8(5-15)3-4-9(12(11)14)17-10(6-16)7-1-2-7/h3-4,7,10,17H,1-2,6,16H2. The van der Waals surface area contributed by atoms with Crippen molar-refractivity contribution in [2.45, 2.75) is 18.9 Å². The molecule has 1 aromatic carbocycles. The molecule has 1 unspecified atom stereocenters. The minimum absolute atomic E-state index is 0.115. The van der Waals surface area contributed by atoms with Crippen molar-refractivity contribution in [2.75, 3.05) is 11.9 Å². The molecule has 0 heterocycles. The molecule has 0 bridgehead atoms. The molecule has 1 aliphatic rings. The monoisotopic (exact) mass is 297 g/mol. The van der Waals surface area contributed by atoms with Crippen molar-refractivity contribution in [3.05, 3.63) is 28.0 Å². The maximum atomic E-state index is 13.9. The van der Waals surface area contributed by atoms with Crippen LogP contribution in [-0.4, -0.2) is 12.6 Å². The summed E-state index contributed by atoms with van der Waals surface area (Å²) in [7, 11) is 0. The third-order valence-corrected chi connectivity index (χ3v) is 3.76. The number of anilines is 1. The smallest absolute Gasteiger partial charge is 0.161 e. The Morgan fingerprint density at radius 3 is 2.82 bits per heavy atom. The molecule has 0 spiro atoms. The first kappa shape index (κ1) is 12.3. The van der Waals surface area contributed by atoms with Crippen molar-refractivity contribution in [2.24, 2.45) is 11.7 Å². The first-order chi connectivity index (χ1) is 8.17. The van der Waals surface area contributed by atoms with E-state index in [9.17, 15) is 4.39 Å². The molecule has 90 valence electrons. The molecule has 2 rings (SSSR count). The highest BCUT2D eigenvalue weighted by Gasteiger charge is 2.30. The van der Waals surface area contributed by atoms with E-state index in [0.29, 0.717) is 23.7 Å². The van der Waals surface area contributed by atoms with E-state index in [1.165, 1.54) is 0 Å². The molecule has 0 aliphatic heterocycles. The molecule has 3 nitrogen and oxygen atoms in total. The molecule has 0 radical (unpaired) electrons. The molecule has 1 saturated carbocycles. The van der Waals surface area contributed by atoms with Crippen LogP contribution in [-0.2, 0) is 0 Å². The summed E-state index contributed by atoms with van der Waals surface area (Å²) in [6.07, 6.45) is 2.29. The van der Waals surface area contributed by atoms with E-state index in [-0.39, 0.29) is 10.5 Å². The molecule has 1 fully saturated rings. The minimum Gasteiger partial charge on any atom is -0.378 e. The Balaban J connectivity index is 2.21. The van der Waals surface area contributed by atoms with Crippen molar-refractivity contribution >= 4 is 21.6 Å². The fraction of sp³-hybridized carbons (Fsp3) is 0.417. The summed E-state index contributed by atoms with van der Waals surface area (Å²) >= 11 is 3.09. The topological polar surface area (TPSA) is 61.8 Å². The Kier molecular flexibility index (Phi) is 3.65. The van der Waals surface area contributed by atoms with Gasteiger partial charge in [0, 0.05) is 12.6 Å². The highest BCUT2D eigenvalue weighted by Crippen LogP contribution is 2.35. The predicted molar refractivity (Wildman–Crippen MR) is 68.0 cm³/mol. The van der Waals surface area contributed by atoms with Crippen LogP contribution in [0.5, 0.6) is 0 Å². The summed E-state index contributed by atoms with van der Waals surface area (Å²) in [5, 5.41) is 11.9. The summed E-state index contributed by atoms with van der Waals surface area (Å²) in [6.45, 7) is 0.488. The minimum atomic E-state index is -0.428. The maximum absolute atomic E-state index is 13.9. The largest absolute Gasteiger partial charge is 0.378 e. The van der Waals surface area contributed by atoms with E-state index < -0.39 is 5.82 Å². The molecular weight excluding hydrogens is 285 g/mol. The van der Waals surface area contributed by atoms with Gasteiger partial charge in [0.05, 0.1) is 15.7 Å². The average Bonchev–Trinajstić information content (AvgIpc) is 3.15. The average molecular weight is 298 g/mol. The van der Waals surface area contributed by atoms with Crippen molar-refractivity contribution in [3.63, 3.8) is 0 Å². The Hall–Kier alpha value is -1.12. The Morgan fingerprint density at radius 1 is 1.59 bits per heavy atom. The number of nitrogens with zero attached hydrogens (tertiary/aromatic N) is 1. The molecule has 0 amide bonds. The molecule has 1 aromatic rings. The van der Waals surface area contributed by atoms with Crippen LogP contribution in [0.15, 0.2) is 16.6 Å². The quantitative estimate of drug-likeness (QED) is 0.898. The Labute approximate surface area is 108 Å². The van der Waals surface area contributed by atoms with Gasteiger partial charge in [0.2, 0.25) is 0 Å². The first-order valence-corrected chi connectivity index (χ1v) is 6.31. The van der Waals surface area contributed by atoms with Crippen LogP contribution in [0.4, 0.5) is 10.1 Å². The van der Waals surface area contributed by atoms with E-state index in [2.05, 4.69) is 21.2 Å². The number of nitriles is 1. The van der Waals surface area contributed by atoms with Crippen molar-refractivity contribution < 1.29 is 4.39 Å². The van der Waals surface area contributed by atoms with Gasteiger partial charge in [-0.3, -0.25) is 0 Å². The van der Waals surface area contributed by atoms with E-state index in [0.717, 1.165) is 12.8 Å². The molecular formula is C12H13BrFN3. The number of nitrogens with two attached hydrogens (primary N) is 1. The van der Waals surface area contributed by atoms with Crippen molar-refractivity contribution in [1.82, 2.24) is 0 Å². The van der Waals surface area contributed by atoms with Gasteiger partial charge >= 0.3 is 0 Å². The molecule has 0 saturated heterocycles. The maximum Gasteiger partial charge on any atom is 0.161 e. The number of nitrogens with one attached hydrogen (secondary N) is 1. The van der Waals surface area contributed by atoms with Crippen LogP contribution in [0.1, 0.15) is 18.4 Å². The van der Waals surface area contributed by atoms with Gasteiger partial charge in [0.25, 0.3) is 0 Å². The third-order valence-electron chi connectivity index (χ3n) is 2.99. The molecule has 3 N–H and O–H groups in total. The third kappa shape index (κ3) is 2.59. The second-order valence-corrected chi connectivity index (χ2v) is 5.02. The number of rotatable bonds is 4. The van der Waals surface area contributed by atoms with Gasteiger partial charge in [-0.05, 0) is 46.8 Å². The molecule has 1 atom stereocenters. The zero-order valence-corrected chi connectivity index (χ0v) is 10.8. The number of hydrogen-bond acceptors (Lipinski definition) is 3. The van der Waals surface area contributed by atoms with Gasteiger partial charge in [-0.15, -0.1) is 0 Å². The van der Waals surface area contributed by atoms with E-state index in [4.69, 9.17) is 11.0 Å². The molecule has 5 heteroatoms. The summed E-state index contributed by atoms with van der Waals surface area (Å²) in [5.41, 5.74) is 6.35. The fourth-order valence-electron chi connectivity index (χ4n) is 1.81. The second kappa shape index (κ2) is 5.03. The van der Waals surface area contributed by atoms with Gasteiger partial charge in [0.15, 0.2) is 5.82 Å². The van der Waals surface area contributed by atoms with Crippen LogP contribution >= 0.6 is 15.9 Å². The highest BCUT2D eigenvalue weighted by molar-refractivity contribution is 9.10. The zero-order chi connectivity index (χ0) is 12.4. The predicted octanol–water partition coefficient (Wildman–Crippen LogP) is 2.61. The molecule has 1 aliphatic carbocycles. The van der Waals surface area contributed by atoms with Crippen LogP contribution in [0, 0.1) is 23.1 Å². The lowest BCUT2D eigenvalue weighted by molar-refractivity contribution is 0.603. The highest BCUT2D eigenvalue weighted by atomic mass is 79.9. The molecule has 17 heavy (non-hydrogen) atoms. The van der Waals surface area contributed by atoms with Gasteiger partial charge in [-0.1, -0.05) is 0 Å². The van der Waals surface area contributed by atoms with Crippen LogP contribution in [0.25, 0.3) is 0 Å². The lowest BCUT2D eigenvalue weighted by Crippen LogP contribution is -2.31. The molecule has 0 aromatic heterocycles. The zero-order valence-electron chi connectivity index (χ0n) is 9.21. The fourth-order valence-corrected chi connectivity index (χ4v) is 2.25. The lowest BCUT2D eigenvalue weighted by atomic mass is 10.1. The number of benzene rings is 1. The van der Waals surface area contributed by atoms with Crippen LogP contribution in [0.3, 0.4) is 0 Å². The Morgan fingerprint density at radius 2 is 2.29 bits per heavy atom. The van der Waals surface area contributed by atoms with Gasteiger partial charge in [-0.25, -0.2) is 4.39 Å².